The molecule has 0 saturated heterocycles. The minimum atomic E-state index is -0.419. The van der Waals surface area contributed by atoms with E-state index in [4.69, 9.17) is 16.6 Å². The third kappa shape index (κ3) is 2.85. The average Bonchev–Trinajstić information content (AvgIpc) is 3.39. The molecule has 7 nitrogen and oxygen atoms in total. The van der Waals surface area contributed by atoms with E-state index < -0.39 is 5.82 Å². The Morgan fingerprint density at radius 3 is 2.75 bits per heavy atom. The van der Waals surface area contributed by atoms with Crippen LogP contribution in [-0.4, -0.2) is 37.5 Å². The smallest absolute Gasteiger partial charge is 0.225 e. The number of carbonyl (C=O) groups excluding carboxylic acids is 1. The second kappa shape index (κ2) is 7.27. The summed E-state index contributed by atoms with van der Waals surface area (Å²) in [6.07, 6.45) is 10.9. The molecule has 2 N–H and O–H groups in total. The highest BCUT2D eigenvalue weighted by molar-refractivity contribution is 6.35. The fraction of sp³-hybridized carbons (Fsp3) is 0.391. The summed E-state index contributed by atoms with van der Waals surface area (Å²) >= 11 is 6.59. The molecule has 1 unspecified atom stereocenters. The fourth-order valence-corrected chi connectivity index (χ4v) is 6.10. The van der Waals surface area contributed by atoms with Crippen LogP contribution in [0.15, 0.2) is 30.9 Å². The number of pyridine rings is 1. The van der Waals surface area contributed by atoms with E-state index in [0.717, 1.165) is 31.1 Å². The van der Waals surface area contributed by atoms with Gasteiger partial charge in [0.15, 0.2) is 5.82 Å². The van der Waals surface area contributed by atoms with Gasteiger partial charge in [-0.05, 0) is 43.6 Å². The third-order valence-electron chi connectivity index (χ3n) is 7.31. The Balaban J connectivity index is 1.52. The van der Waals surface area contributed by atoms with E-state index in [1.165, 1.54) is 12.3 Å². The summed E-state index contributed by atoms with van der Waals surface area (Å²) in [6, 6.07) is 1.43. The molecule has 3 aliphatic rings. The second-order valence-electron chi connectivity index (χ2n) is 8.87. The van der Waals surface area contributed by atoms with Crippen molar-refractivity contribution in [3.05, 3.63) is 41.7 Å². The monoisotopic (exact) mass is 452 g/mol. The summed E-state index contributed by atoms with van der Waals surface area (Å²) in [5.74, 6) is 0.782. The Hall–Kier alpha value is -3.00. The molecule has 1 amide bonds. The van der Waals surface area contributed by atoms with Gasteiger partial charge in [0.05, 0.1) is 22.5 Å². The first-order chi connectivity index (χ1) is 15.5. The summed E-state index contributed by atoms with van der Waals surface area (Å²) in [5, 5.41) is 4.80. The SMILES string of the molecule is CNC(=O)[C@H]1C2CCC(CC2)C1n1cc(Cl)c2cnc(-c3c[nH]c4ncc(F)cc34)nc21. The Bertz CT molecular complexity index is 1360. The second-order valence-corrected chi connectivity index (χ2v) is 9.28. The maximum atomic E-state index is 13.8. The number of H-pyrrole nitrogens is 1. The van der Waals surface area contributed by atoms with Gasteiger partial charge in [-0.2, -0.15) is 0 Å². The first-order valence-electron chi connectivity index (χ1n) is 10.9. The van der Waals surface area contributed by atoms with Gasteiger partial charge in [0.2, 0.25) is 5.91 Å². The lowest BCUT2D eigenvalue weighted by Gasteiger charge is -2.48. The molecule has 7 rings (SSSR count). The molecule has 4 aromatic heterocycles. The van der Waals surface area contributed by atoms with Crippen molar-refractivity contribution in [1.82, 2.24) is 29.8 Å². The zero-order chi connectivity index (χ0) is 22.0. The van der Waals surface area contributed by atoms with Crippen LogP contribution in [-0.2, 0) is 4.79 Å². The number of hydrogen-bond donors (Lipinski definition) is 2. The molecule has 9 heteroatoms. The largest absolute Gasteiger partial charge is 0.359 e. The van der Waals surface area contributed by atoms with E-state index in [1.807, 2.05) is 6.20 Å². The van der Waals surface area contributed by atoms with Gasteiger partial charge in [0.25, 0.3) is 0 Å². The molecule has 2 atom stereocenters. The molecule has 3 fully saturated rings. The van der Waals surface area contributed by atoms with Gasteiger partial charge in [-0.25, -0.2) is 19.3 Å². The van der Waals surface area contributed by atoms with Crippen molar-refractivity contribution in [2.24, 2.45) is 17.8 Å². The Morgan fingerprint density at radius 1 is 1.19 bits per heavy atom. The van der Waals surface area contributed by atoms with Crippen LogP contribution in [0.25, 0.3) is 33.5 Å². The number of halogens is 2. The molecule has 2 bridgehead atoms. The molecule has 0 spiro atoms. The Morgan fingerprint density at radius 2 is 1.97 bits per heavy atom. The molecule has 0 aromatic carbocycles. The predicted molar refractivity (Wildman–Crippen MR) is 120 cm³/mol. The molecule has 3 saturated carbocycles. The van der Waals surface area contributed by atoms with Gasteiger partial charge in [-0.3, -0.25) is 4.79 Å². The first kappa shape index (κ1) is 19.7. The highest BCUT2D eigenvalue weighted by Gasteiger charge is 2.48. The standard InChI is InChI=1S/C23H22ClFN6O/c1-26-23(32)18-11-2-4-12(5-3-11)19(18)31-10-17(24)16-9-29-21(30-22(16)31)15-8-28-20-14(15)6-13(25)7-27-20/h6-12,18-19H,2-5H2,1H3,(H,26,32)(H,27,28)/t11?,12?,18-,19?/m0/s1. The van der Waals surface area contributed by atoms with Crippen molar-refractivity contribution in [2.45, 2.75) is 31.7 Å². The van der Waals surface area contributed by atoms with E-state index in [2.05, 4.69) is 24.8 Å². The maximum absolute atomic E-state index is 13.8. The molecule has 0 aliphatic heterocycles. The van der Waals surface area contributed by atoms with Crippen molar-refractivity contribution in [3.8, 4) is 11.4 Å². The van der Waals surface area contributed by atoms with Gasteiger partial charge in [-0.1, -0.05) is 11.6 Å². The molecule has 0 radical (unpaired) electrons. The summed E-state index contributed by atoms with van der Waals surface area (Å²) < 4.78 is 15.9. The number of amides is 1. The molecule has 4 aromatic rings. The van der Waals surface area contributed by atoms with Crippen molar-refractivity contribution in [3.63, 3.8) is 0 Å². The maximum Gasteiger partial charge on any atom is 0.225 e. The number of nitrogens with zero attached hydrogens (tertiary/aromatic N) is 4. The number of nitrogens with one attached hydrogen (secondary N) is 2. The lowest BCUT2D eigenvalue weighted by Crippen LogP contribution is -2.48. The van der Waals surface area contributed by atoms with Gasteiger partial charge >= 0.3 is 0 Å². The highest BCUT2D eigenvalue weighted by atomic mass is 35.5. The molecule has 164 valence electrons. The van der Waals surface area contributed by atoms with Crippen LogP contribution < -0.4 is 5.32 Å². The van der Waals surface area contributed by atoms with Crippen LogP contribution in [0, 0.1) is 23.6 Å². The molecule has 4 heterocycles. The quantitative estimate of drug-likeness (QED) is 0.479. The van der Waals surface area contributed by atoms with Crippen LogP contribution in [0.2, 0.25) is 5.02 Å². The number of aromatic amines is 1. The minimum absolute atomic E-state index is 0.00211. The number of hydrogen-bond acceptors (Lipinski definition) is 4. The number of aromatic nitrogens is 5. The lowest BCUT2D eigenvalue weighted by molar-refractivity contribution is -0.133. The number of rotatable bonds is 3. The zero-order valence-electron chi connectivity index (χ0n) is 17.5. The zero-order valence-corrected chi connectivity index (χ0v) is 18.2. The summed E-state index contributed by atoms with van der Waals surface area (Å²) in [7, 11) is 1.70. The summed E-state index contributed by atoms with van der Waals surface area (Å²) in [4.78, 5) is 29.4. The Labute approximate surface area is 188 Å². The molecular weight excluding hydrogens is 431 g/mol. The van der Waals surface area contributed by atoms with Crippen LogP contribution >= 0.6 is 11.6 Å². The van der Waals surface area contributed by atoms with E-state index >= 15 is 0 Å². The predicted octanol–water partition coefficient (Wildman–Crippen LogP) is 4.49. The summed E-state index contributed by atoms with van der Waals surface area (Å²) in [6.45, 7) is 0. The van der Waals surface area contributed by atoms with E-state index in [-0.39, 0.29) is 17.9 Å². The van der Waals surface area contributed by atoms with Crippen molar-refractivity contribution in [2.75, 3.05) is 7.05 Å². The van der Waals surface area contributed by atoms with Crippen LogP contribution in [0.5, 0.6) is 0 Å². The normalized spacial score (nSPS) is 25.0. The van der Waals surface area contributed by atoms with Gasteiger partial charge < -0.3 is 14.9 Å². The van der Waals surface area contributed by atoms with Gasteiger partial charge in [0, 0.05) is 42.6 Å². The lowest BCUT2D eigenvalue weighted by atomic mass is 9.61. The van der Waals surface area contributed by atoms with Crippen LogP contribution in [0.3, 0.4) is 0 Å². The molecular formula is C23H22ClFN6O. The van der Waals surface area contributed by atoms with E-state index in [9.17, 15) is 9.18 Å². The first-order valence-corrected chi connectivity index (χ1v) is 11.3. The van der Waals surface area contributed by atoms with E-state index in [0.29, 0.717) is 44.9 Å². The molecule has 32 heavy (non-hydrogen) atoms. The third-order valence-corrected chi connectivity index (χ3v) is 7.61. The van der Waals surface area contributed by atoms with Crippen molar-refractivity contribution in [1.29, 1.82) is 0 Å². The van der Waals surface area contributed by atoms with E-state index in [1.54, 1.807) is 19.4 Å². The van der Waals surface area contributed by atoms with Crippen molar-refractivity contribution < 1.29 is 9.18 Å². The Kier molecular flexibility index (Phi) is 4.47. The fourth-order valence-electron chi connectivity index (χ4n) is 5.86. The van der Waals surface area contributed by atoms with Gasteiger partial charge in [0.1, 0.15) is 17.1 Å². The highest BCUT2D eigenvalue weighted by Crippen LogP contribution is 2.52. The number of fused-ring (bicyclic) bond motifs is 5. The molecule has 3 aliphatic carbocycles. The van der Waals surface area contributed by atoms with Crippen LogP contribution in [0.4, 0.5) is 4.39 Å². The van der Waals surface area contributed by atoms with Crippen LogP contribution in [0.1, 0.15) is 31.7 Å². The topological polar surface area (TPSA) is 88.5 Å². The minimum Gasteiger partial charge on any atom is -0.359 e. The summed E-state index contributed by atoms with van der Waals surface area (Å²) in [5.41, 5.74) is 1.94. The van der Waals surface area contributed by atoms with Crippen molar-refractivity contribution >= 4 is 39.6 Å². The average molecular weight is 453 g/mol. The number of carbonyl (C=O) groups is 1. The van der Waals surface area contributed by atoms with Gasteiger partial charge in [-0.15, -0.1) is 0 Å².